The van der Waals surface area contributed by atoms with Crippen molar-refractivity contribution in [2.24, 2.45) is 0 Å². The summed E-state index contributed by atoms with van der Waals surface area (Å²) in [5, 5.41) is 7.63. The maximum absolute atomic E-state index is 12.0. The molecule has 1 aliphatic rings. The molecule has 0 saturated carbocycles. The van der Waals surface area contributed by atoms with Crippen LogP contribution in [0.2, 0.25) is 0 Å². The van der Waals surface area contributed by atoms with E-state index in [0.29, 0.717) is 18.9 Å². The van der Waals surface area contributed by atoms with Crippen molar-refractivity contribution >= 4 is 29.1 Å². The molecule has 1 aromatic carbocycles. The molecule has 3 amide bonds. The lowest BCUT2D eigenvalue weighted by Crippen LogP contribution is -2.40. The highest BCUT2D eigenvalue weighted by Gasteiger charge is 2.18. The summed E-state index contributed by atoms with van der Waals surface area (Å²) >= 11 is 0. The van der Waals surface area contributed by atoms with Crippen molar-refractivity contribution in [1.82, 2.24) is 10.6 Å². The van der Waals surface area contributed by atoms with Crippen LogP contribution in [0.25, 0.3) is 0 Å². The van der Waals surface area contributed by atoms with Gasteiger partial charge in [0.1, 0.15) is 0 Å². The van der Waals surface area contributed by atoms with Crippen molar-refractivity contribution in [2.75, 3.05) is 49.6 Å². The second-order valence-corrected chi connectivity index (χ2v) is 5.31. The first-order chi connectivity index (χ1) is 11.6. The summed E-state index contributed by atoms with van der Waals surface area (Å²) in [7, 11) is 0. The molecule has 8 heteroatoms. The number of amides is 3. The van der Waals surface area contributed by atoms with Crippen molar-refractivity contribution in [3.05, 3.63) is 24.3 Å². The van der Waals surface area contributed by atoms with Gasteiger partial charge in [-0.05, 0) is 12.1 Å². The van der Waals surface area contributed by atoms with E-state index in [0.717, 1.165) is 18.8 Å². The number of carbonyl (C=O) groups is 3. The molecular formula is C16H22N4O4. The normalized spacial score (nSPS) is 14.0. The van der Waals surface area contributed by atoms with Gasteiger partial charge in [-0.2, -0.15) is 0 Å². The molecule has 1 fully saturated rings. The predicted molar refractivity (Wildman–Crippen MR) is 89.8 cm³/mol. The van der Waals surface area contributed by atoms with Crippen LogP contribution in [0.15, 0.2) is 24.3 Å². The van der Waals surface area contributed by atoms with Gasteiger partial charge in [0, 0.05) is 33.1 Å². The number of anilines is 2. The van der Waals surface area contributed by atoms with Crippen LogP contribution in [-0.4, -0.2) is 57.1 Å². The molecule has 0 bridgehead atoms. The molecule has 0 spiro atoms. The summed E-state index contributed by atoms with van der Waals surface area (Å²) in [4.78, 5) is 36.7. The van der Waals surface area contributed by atoms with E-state index in [9.17, 15) is 14.4 Å². The summed E-state index contributed by atoms with van der Waals surface area (Å²) in [6, 6.07) is 7.34. The second-order valence-electron chi connectivity index (χ2n) is 5.31. The number of benzene rings is 1. The van der Waals surface area contributed by atoms with E-state index in [2.05, 4.69) is 20.9 Å². The summed E-state index contributed by atoms with van der Waals surface area (Å²) < 4.78 is 5.33. The van der Waals surface area contributed by atoms with E-state index >= 15 is 0 Å². The Morgan fingerprint density at radius 3 is 2.42 bits per heavy atom. The lowest BCUT2D eigenvalue weighted by atomic mass is 10.2. The zero-order valence-electron chi connectivity index (χ0n) is 13.6. The molecular weight excluding hydrogens is 312 g/mol. The molecule has 130 valence electrons. The molecule has 8 nitrogen and oxygen atoms in total. The molecule has 1 aliphatic heterocycles. The summed E-state index contributed by atoms with van der Waals surface area (Å²) in [6.45, 7) is 4.58. The fraction of sp³-hybridized carbons (Fsp3) is 0.438. The van der Waals surface area contributed by atoms with Crippen molar-refractivity contribution in [3.63, 3.8) is 0 Å². The van der Waals surface area contributed by atoms with Crippen molar-refractivity contribution < 1.29 is 19.1 Å². The highest BCUT2D eigenvalue weighted by atomic mass is 16.5. The van der Waals surface area contributed by atoms with Crippen molar-refractivity contribution in [3.8, 4) is 0 Å². The summed E-state index contributed by atoms with van der Waals surface area (Å²) in [5.74, 6) is -1.66. The largest absolute Gasteiger partial charge is 0.378 e. The van der Waals surface area contributed by atoms with E-state index in [1.807, 2.05) is 12.1 Å². The monoisotopic (exact) mass is 334 g/mol. The van der Waals surface area contributed by atoms with Crippen LogP contribution in [-0.2, 0) is 19.1 Å². The van der Waals surface area contributed by atoms with Gasteiger partial charge in [0.15, 0.2) is 0 Å². The highest BCUT2D eigenvalue weighted by molar-refractivity contribution is 6.39. The minimum Gasteiger partial charge on any atom is -0.378 e. The van der Waals surface area contributed by atoms with Crippen molar-refractivity contribution in [1.29, 1.82) is 0 Å². The molecule has 2 rings (SSSR count). The molecule has 1 aromatic rings. The molecule has 0 aromatic heterocycles. The molecule has 0 atom stereocenters. The van der Waals surface area contributed by atoms with Gasteiger partial charge in [-0.25, -0.2) is 0 Å². The Morgan fingerprint density at radius 1 is 1.04 bits per heavy atom. The molecule has 3 N–H and O–H groups in total. The fourth-order valence-corrected chi connectivity index (χ4v) is 2.33. The van der Waals surface area contributed by atoms with Gasteiger partial charge in [-0.15, -0.1) is 0 Å². The molecule has 0 radical (unpaired) electrons. The van der Waals surface area contributed by atoms with Gasteiger partial charge >= 0.3 is 11.8 Å². The lowest BCUT2D eigenvalue weighted by molar-refractivity contribution is -0.136. The van der Waals surface area contributed by atoms with Crippen LogP contribution in [0.5, 0.6) is 0 Å². The van der Waals surface area contributed by atoms with E-state index in [4.69, 9.17) is 4.74 Å². The number of carbonyl (C=O) groups excluding carboxylic acids is 3. The van der Waals surface area contributed by atoms with E-state index < -0.39 is 11.8 Å². The average molecular weight is 334 g/mol. The molecule has 1 heterocycles. The average Bonchev–Trinajstić information content (AvgIpc) is 2.59. The van der Waals surface area contributed by atoms with Crippen LogP contribution in [0.3, 0.4) is 0 Å². The first-order valence-corrected chi connectivity index (χ1v) is 7.83. The maximum atomic E-state index is 12.0. The van der Waals surface area contributed by atoms with Gasteiger partial charge in [0.05, 0.1) is 24.6 Å². The van der Waals surface area contributed by atoms with Crippen molar-refractivity contribution in [2.45, 2.75) is 6.92 Å². The van der Waals surface area contributed by atoms with E-state index in [1.165, 1.54) is 6.92 Å². The number of nitrogens with zero attached hydrogens (tertiary/aromatic N) is 1. The number of rotatable bonds is 5. The Balaban J connectivity index is 1.91. The minimum absolute atomic E-state index is 0.187. The summed E-state index contributed by atoms with van der Waals surface area (Å²) in [5.41, 5.74) is 1.45. The SMILES string of the molecule is CC(=O)NCCNC(=O)C(=O)Nc1ccccc1N1CCOCC1. The number of ether oxygens (including phenoxy) is 1. The van der Waals surface area contributed by atoms with Crippen LogP contribution >= 0.6 is 0 Å². The Kier molecular flexibility index (Phi) is 6.56. The predicted octanol–water partition coefficient (Wildman–Crippen LogP) is -0.286. The highest BCUT2D eigenvalue weighted by Crippen LogP contribution is 2.26. The second kappa shape index (κ2) is 8.88. The third-order valence-corrected chi connectivity index (χ3v) is 3.49. The number of nitrogens with one attached hydrogen (secondary N) is 3. The van der Waals surface area contributed by atoms with Crippen LogP contribution in [0.4, 0.5) is 11.4 Å². The Hall–Kier alpha value is -2.61. The van der Waals surface area contributed by atoms with E-state index in [1.54, 1.807) is 12.1 Å². The zero-order valence-corrected chi connectivity index (χ0v) is 13.6. The standard InChI is InChI=1S/C16H22N4O4/c1-12(21)17-6-7-18-15(22)16(23)19-13-4-2-3-5-14(13)20-8-10-24-11-9-20/h2-5H,6-11H2,1H3,(H,17,21)(H,18,22)(H,19,23). The first-order valence-electron chi connectivity index (χ1n) is 7.83. The molecule has 1 saturated heterocycles. The van der Waals surface area contributed by atoms with E-state index in [-0.39, 0.29) is 19.0 Å². The van der Waals surface area contributed by atoms with Crippen LogP contribution in [0, 0.1) is 0 Å². The number of morpholine rings is 1. The number of para-hydroxylation sites is 2. The number of hydrogen-bond donors (Lipinski definition) is 3. The Labute approximate surface area is 140 Å². The minimum atomic E-state index is -0.739. The van der Waals surface area contributed by atoms with Gasteiger partial charge in [-0.1, -0.05) is 12.1 Å². The van der Waals surface area contributed by atoms with Crippen LogP contribution in [0.1, 0.15) is 6.92 Å². The van der Waals surface area contributed by atoms with Gasteiger partial charge < -0.3 is 25.6 Å². The summed E-state index contributed by atoms with van der Waals surface area (Å²) in [6.07, 6.45) is 0. The topological polar surface area (TPSA) is 99.8 Å². The zero-order chi connectivity index (χ0) is 17.4. The molecule has 0 unspecified atom stereocenters. The number of hydrogen-bond acceptors (Lipinski definition) is 5. The lowest BCUT2D eigenvalue weighted by Gasteiger charge is -2.30. The first kappa shape index (κ1) is 17.7. The Morgan fingerprint density at radius 2 is 1.71 bits per heavy atom. The van der Waals surface area contributed by atoms with Gasteiger partial charge in [-0.3, -0.25) is 14.4 Å². The molecule has 0 aliphatic carbocycles. The third kappa shape index (κ3) is 5.24. The van der Waals surface area contributed by atoms with Crippen LogP contribution < -0.4 is 20.9 Å². The fourth-order valence-electron chi connectivity index (χ4n) is 2.33. The Bertz CT molecular complexity index is 599. The quantitative estimate of drug-likeness (QED) is 0.508. The van der Waals surface area contributed by atoms with Gasteiger partial charge in [0.2, 0.25) is 5.91 Å². The maximum Gasteiger partial charge on any atom is 0.313 e. The van der Waals surface area contributed by atoms with Gasteiger partial charge in [0.25, 0.3) is 0 Å². The third-order valence-electron chi connectivity index (χ3n) is 3.49. The smallest absolute Gasteiger partial charge is 0.313 e. The molecule has 24 heavy (non-hydrogen) atoms.